The molecule has 0 saturated carbocycles. The van der Waals surface area contributed by atoms with E-state index in [2.05, 4.69) is 5.10 Å². The van der Waals surface area contributed by atoms with Gasteiger partial charge in [0.15, 0.2) is 0 Å². The number of nitrogens with zero attached hydrogens (tertiary/aromatic N) is 4. The van der Waals surface area contributed by atoms with Crippen LogP contribution < -0.4 is 0 Å². The summed E-state index contributed by atoms with van der Waals surface area (Å²) in [7, 11) is -2.05. The van der Waals surface area contributed by atoms with Crippen molar-refractivity contribution in [2.24, 2.45) is 0 Å². The molecule has 0 spiro atoms. The molecule has 0 aliphatic carbocycles. The van der Waals surface area contributed by atoms with Gasteiger partial charge in [-0.15, -0.1) is 0 Å². The zero-order chi connectivity index (χ0) is 21.2. The van der Waals surface area contributed by atoms with Crippen molar-refractivity contribution in [3.63, 3.8) is 0 Å². The number of hydrogen-bond donors (Lipinski definition) is 0. The minimum atomic E-state index is -3.64. The van der Waals surface area contributed by atoms with Crippen LogP contribution in [0.1, 0.15) is 36.2 Å². The molecule has 0 N–H and O–H groups in total. The number of benzene rings is 1. The molecule has 7 nitrogen and oxygen atoms in total. The summed E-state index contributed by atoms with van der Waals surface area (Å²) in [5.41, 5.74) is 1.25. The molecule has 9 heteroatoms. The van der Waals surface area contributed by atoms with Gasteiger partial charge in [0.05, 0.1) is 11.4 Å². The molecule has 1 saturated heterocycles. The Morgan fingerprint density at radius 2 is 1.83 bits per heavy atom. The van der Waals surface area contributed by atoms with Crippen LogP contribution in [-0.4, -0.2) is 53.4 Å². The second kappa shape index (κ2) is 8.62. The molecule has 1 fully saturated rings. The molecule has 1 aromatic carbocycles. The number of likely N-dealkylation sites (N-methyl/N-ethyl adjacent to an activating group) is 1. The lowest BCUT2D eigenvalue weighted by Gasteiger charge is -2.26. The smallest absolute Gasteiger partial charge is 0.246 e. The molecule has 1 aliphatic heterocycles. The Hall–Kier alpha value is -2.26. The van der Waals surface area contributed by atoms with E-state index >= 15 is 0 Å². The minimum absolute atomic E-state index is 0.104. The maximum Gasteiger partial charge on any atom is 0.246 e. The first kappa shape index (κ1) is 21.4. The van der Waals surface area contributed by atoms with Gasteiger partial charge in [-0.2, -0.15) is 9.40 Å². The average Bonchev–Trinajstić information content (AvgIpc) is 2.98. The van der Waals surface area contributed by atoms with Gasteiger partial charge in [-0.3, -0.25) is 9.48 Å². The van der Waals surface area contributed by atoms with Gasteiger partial charge < -0.3 is 4.90 Å². The van der Waals surface area contributed by atoms with Crippen molar-refractivity contribution in [3.05, 3.63) is 47.0 Å². The summed E-state index contributed by atoms with van der Waals surface area (Å²) < 4.78 is 42.9. The van der Waals surface area contributed by atoms with Crippen molar-refractivity contribution in [1.29, 1.82) is 0 Å². The van der Waals surface area contributed by atoms with Crippen LogP contribution in [0.2, 0.25) is 0 Å². The van der Waals surface area contributed by atoms with Crippen LogP contribution in [0.4, 0.5) is 4.39 Å². The molecule has 158 valence electrons. The maximum atomic E-state index is 13.8. The van der Waals surface area contributed by atoms with Gasteiger partial charge in [0.2, 0.25) is 15.9 Å². The molecule has 2 aromatic rings. The van der Waals surface area contributed by atoms with Crippen molar-refractivity contribution < 1.29 is 17.6 Å². The third-order valence-corrected chi connectivity index (χ3v) is 7.46. The van der Waals surface area contributed by atoms with Crippen LogP contribution >= 0.6 is 0 Å². The highest BCUT2D eigenvalue weighted by molar-refractivity contribution is 7.89. The molecular weight excluding hydrogens is 395 g/mol. The molecule has 0 radical (unpaired) electrons. The minimum Gasteiger partial charge on any atom is -0.340 e. The van der Waals surface area contributed by atoms with Gasteiger partial charge in [0.25, 0.3) is 0 Å². The van der Waals surface area contributed by atoms with Crippen molar-refractivity contribution in [3.8, 4) is 0 Å². The molecule has 1 aliphatic rings. The van der Waals surface area contributed by atoms with Crippen LogP contribution in [-0.2, 0) is 27.9 Å². The van der Waals surface area contributed by atoms with Crippen LogP contribution in [0.15, 0.2) is 29.2 Å². The Kier molecular flexibility index (Phi) is 6.38. The van der Waals surface area contributed by atoms with Gasteiger partial charge in [-0.25, -0.2) is 12.8 Å². The van der Waals surface area contributed by atoms with Gasteiger partial charge in [0, 0.05) is 32.2 Å². The highest BCUT2D eigenvalue weighted by Gasteiger charge is 2.32. The van der Waals surface area contributed by atoms with Crippen LogP contribution in [0.5, 0.6) is 0 Å². The van der Waals surface area contributed by atoms with Crippen LogP contribution in [0.3, 0.4) is 0 Å². The number of aryl methyl sites for hydroxylation is 1. The van der Waals surface area contributed by atoms with Crippen molar-refractivity contribution >= 4 is 15.9 Å². The number of sulfonamides is 1. The van der Waals surface area contributed by atoms with E-state index in [1.54, 1.807) is 39.1 Å². The zero-order valence-electron chi connectivity index (χ0n) is 17.1. The molecule has 3 rings (SSSR count). The molecule has 2 heterocycles. The molecule has 0 bridgehead atoms. The summed E-state index contributed by atoms with van der Waals surface area (Å²) in [5, 5.41) is 4.31. The van der Waals surface area contributed by atoms with E-state index in [4.69, 9.17) is 0 Å². The van der Waals surface area contributed by atoms with Crippen LogP contribution in [0, 0.1) is 19.7 Å². The molecule has 1 amide bonds. The van der Waals surface area contributed by atoms with E-state index in [0.29, 0.717) is 30.0 Å². The highest BCUT2D eigenvalue weighted by Crippen LogP contribution is 2.26. The summed E-state index contributed by atoms with van der Waals surface area (Å²) >= 11 is 0. The first-order valence-corrected chi connectivity index (χ1v) is 11.2. The van der Waals surface area contributed by atoms with E-state index in [-0.39, 0.29) is 29.7 Å². The van der Waals surface area contributed by atoms with Crippen molar-refractivity contribution in [1.82, 2.24) is 19.0 Å². The fraction of sp³-hybridized carbons (Fsp3) is 0.500. The lowest BCUT2D eigenvalue weighted by Crippen LogP contribution is -2.36. The Balaban J connectivity index is 1.77. The normalized spacial score (nSPS) is 15.4. The Morgan fingerprint density at radius 1 is 1.17 bits per heavy atom. The Bertz CT molecular complexity index is 997. The monoisotopic (exact) mass is 422 g/mol. The fourth-order valence-electron chi connectivity index (χ4n) is 3.66. The van der Waals surface area contributed by atoms with Crippen molar-refractivity contribution in [2.45, 2.75) is 51.1 Å². The van der Waals surface area contributed by atoms with E-state index in [1.165, 1.54) is 20.0 Å². The molecular formula is C20H27FN4O3S. The zero-order valence-corrected chi connectivity index (χ0v) is 17.9. The first-order chi connectivity index (χ1) is 13.7. The lowest BCUT2D eigenvalue weighted by molar-refractivity contribution is -0.131. The fourth-order valence-corrected chi connectivity index (χ4v) is 5.55. The third kappa shape index (κ3) is 4.51. The van der Waals surface area contributed by atoms with Crippen molar-refractivity contribution in [2.75, 3.05) is 20.1 Å². The summed E-state index contributed by atoms with van der Waals surface area (Å²) in [6.45, 7) is 4.36. The molecule has 29 heavy (non-hydrogen) atoms. The molecule has 1 aromatic heterocycles. The van der Waals surface area contributed by atoms with E-state index in [0.717, 1.165) is 19.3 Å². The SMILES string of the molecule is Cc1nn(CC(=O)N(C)Cc2ccccc2F)c(C)c1S(=O)(=O)N1CCCCC1. The van der Waals surface area contributed by atoms with E-state index < -0.39 is 10.0 Å². The van der Waals surface area contributed by atoms with Crippen LogP contribution in [0.25, 0.3) is 0 Å². The Labute approximate surface area is 171 Å². The summed E-state index contributed by atoms with van der Waals surface area (Å²) in [5.74, 6) is -0.644. The van der Waals surface area contributed by atoms with E-state index in [1.807, 2.05) is 0 Å². The number of carbonyl (C=O) groups excluding carboxylic acids is 1. The second-order valence-corrected chi connectivity index (χ2v) is 9.34. The number of amides is 1. The predicted octanol–water partition coefficient (Wildman–Crippen LogP) is 2.47. The Morgan fingerprint density at radius 3 is 2.48 bits per heavy atom. The van der Waals surface area contributed by atoms with Gasteiger partial charge in [0.1, 0.15) is 17.3 Å². The predicted molar refractivity (Wildman–Crippen MR) is 107 cm³/mol. The number of carbonyl (C=O) groups is 1. The van der Waals surface area contributed by atoms with Gasteiger partial charge in [-0.1, -0.05) is 24.6 Å². The van der Waals surface area contributed by atoms with Gasteiger partial charge >= 0.3 is 0 Å². The number of piperidine rings is 1. The topological polar surface area (TPSA) is 75.5 Å². The third-order valence-electron chi connectivity index (χ3n) is 5.30. The summed E-state index contributed by atoms with van der Waals surface area (Å²) in [6.07, 6.45) is 2.74. The molecule has 0 unspecified atom stereocenters. The maximum absolute atomic E-state index is 13.8. The molecule has 0 atom stereocenters. The first-order valence-electron chi connectivity index (χ1n) is 9.73. The van der Waals surface area contributed by atoms with E-state index in [9.17, 15) is 17.6 Å². The number of rotatable bonds is 6. The standard InChI is InChI=1S/C20H27FN4O3S/c1-15-20(29(27,28)24-11-7-4-8-12-24)16(2)25(22-15)14-19(26)23(3)13-17-9-5-6-10-18(17)21/h5-6,9-10H,4,7-8,11-14H2,1-3H3. The van der Waals surface area contributed by atoms with Gasteiger partial charge in [-0.05, 0) is 32.8 Å². The number of halogens is 1. The number of hydrogen-bond acceptors (Lipinski definition) is 4. The average molecular weight is 423 g/mol. The number of aromatic nitrogens is 2. The quantitative estimate of drug-likeness (QED) is 0.717. The second-order valence-electron chi connectivity index (χ2n) is 7.46. The summed E-state index contributed by atoms with van der Waals surface area (Å²) in [4.78, 5) is 14.2. The lowest BCUT2D eigenvalue weighted by atomic mass is 10.2. The highest BCUT2D eigenvalue weighted by atomic mass is 32.2. The largest absolute Gasteiger partial charge is 0.340 e. The summed E-state index contributed by atoms with van der Waals surface area (Å²) in [6, 6.07) is 6.30.